The summed E-state index contributed by atoms with van der Waals surface area (Å²) in [5.41, 5.74) is 11.6. The minimum Gasteiger partial charge on any atom is -0.387 e. The van der Waals surface area contributed by atoms with Gasteiger partial charge < -0.3 is 15.4 Å². The third-order valence-electron chi connectivity index (χ3n) is 5.15. The molecule has 0 saturated carbocycles. The Morgan fingerprint density at radius 1 is 1.07 bits per heavy atom. The van der Waals surface area contributed by atoms with Gasteiger partial charge in [-0.1, -0.05) is 50.2 Å². The average molecular weight is 404 g/mol. The van der Waals surface area contributed by atoms with E-state index in [9.17, 15) is 9.59 Å². The minimum atomic E-state index is 0.0412. The van der Waals surface area contributed by atoms with Gasteiger partial charge in [0.2, 0.25) is 5.91 Å². The fraction of sp³-hybridized carbons (Fsp3) is 0.320. The topological polar surface area (TPSA) is 75.8 Å². The van der Waals surface area contributed by atoms with Crippen LogP contribution in [0.1, 0.15) is 44.2 Å². The van der Waals surface area contributed by atoms with Crippen LogP contribution in [0.15, 0.2) is 53.0 Å². The highest BCUT2D eigenvalue weighted by molar-refractivity contribution is 6.05. The first kappa shape index (κ1) is 21.5. The van der Waals surface area contributed by atoms with E-state index in [4.69, 9.17) is 5.73 Å². The summed E-state index contributed by atoms with van der Waals surface area (Å²) in [6.45, 7) is 5.64. The van der Waals surface area contributed by atoms with Crippen molar-refractivity contribution < 1.29 is 9.59 Å². The normalized spacial score (nSPS) is 13.0. The van der Waals surface area contributed by atoms with E-state index in [1.54, 1.807) is 0 Å². The molecule has 1 aliphatic rings. The molecule has 1 heterocycles. The molecule has 2 aromatic rings. The third-order valence-corrected chi connectivity index (χ3v) is 5.15. The van der Waals surface area contributed by atoms with E-state index in [-0.39, 0.29) is 5.91 Å². The molecule has 2 aromatic carbocycles. The smallest absolute Gasteiger partial charge is 0.250 e. The van der Waals surface area contributed by atoms with Crippen molar-refractivity contribution in [3.8, 4) is 11.1 Å². The van der Waals surface area contributed by atoms with Crippen molar-refractivity contribution in [2.24, 2.45) is 10.7 Å². The Morgan fingerprint density at radius 2 is 1.73 bits per heavy atom. The summed E-state index contributed by atoms with van der Waals surface area (Å²) >= 11 is 0. The summed E-state index contributed by atoms with van der Waals surface area (Å²) in [6.07, 6.45) is 5.45. The molecule has 30 heavy (non-hydrogen) atoms. The molecule has 3 rings (SSSR count). The number of rotatable bonds is 8. The van der Waals surface area contributed by atoms with Gasteiger partial charge in [-0.25, -0.2) is 4.99 Å². The lowest BCUT2D eigenvalue weighted by molar-refractivity contribution is -0.127. The standard InChI is InChI=1S/C25H29N3O2/c1-3-12-28(13-4-2)25(30)22-15-21-10-9-20(16-23(21)27-24(26)17-22)19-7-5-18(6-8-19)11-14-29/h5-10,14-16H,3-4,11-13,17H2,1-2H3,(H2,26,27). The van der Waals surface area contributed by atoms with Crippen LogP contribution in [0.3, 0.4) is 0 Å². The van der Waals surface area contributed by atoms with Crippen molar-refractivity contribution in [2.45, 2.75) is 39.5 Å². The molecule has 2 N–H and O–H groups in total. The van der Waals surface area contributed by atoms with Gasteiger partial charge in [-0.2, -0.15) is 0 Å². The van der Waals surface area contributed by atoms with Crippen molar-refractivity contribution in [1.82, 2.24) is 4.90 Å². The number of fused-ring (bicyclic) bond motifs is 1. The van der Waals surface area contributed by atoms with E-state index in [1.165, 1.54) is 0 Å². The molecule has 0 atom stereocenters. The van der Waals surface area contributed by atoms with Gasteiger partial charge in [0, 0.05) is 37.1 Å². The third kappa shape index (κ3) is 5.03. The highest BCUT2D eigenvalue weighted by atomic mass is 16.2. The molecule has 1 amide bonds. The maximum atomic E-state index is 13.1. The number of carbonyl (C=O) groups is 2. The number of hydrogen-bond acceptors (Lipinski definition) is 4. The number of amidine groups is 1. The van der Waals surface area contributed by atoms with Gasteiger partial charge in [-0.05, 0) is 41.7 Å². The van der Waals surface area contributed by atoms with Gasteiger partial charge >= 0.3 is 0 Å². The van der Waals surface area contributed by atoms with Crippen molar-refractivity contribution in [2.75, 3.05) is 13.1 Å². The second kappa shape index (κ2) is 10.0. The number of amides is 1. The molecule has 0 fully saturated rings. The monoisotopic (exact) mass is 403 g/mol. The zero-order valence-corrected chi connectivity index (χ0v) is 17.7. The minimum absolute atomic E-state index is 0.0412. The summed E-state index contributed by atoms with van der Waals surface area (Å²) < 4.78 is 0. The number of aliphatic imine (C=N–C) groups is 1. The summed E-state index contributed by atoms with van der Waals surface area (Å²) in [4.78, 5) is 30.2. The SMILES string of the molecule is CCCN(CCC)C(=O)C1=Cc2ccc(-c3ccc(CC=O)cc3)cc2N=C(N)C1. The molecule has 5 nitrogen and oxygen atoms in total. The van der Waals surface area contributed by atoms with Crippen LogP contribution < -0.4 is 5.73 Å². The van der Waals surface area contributed by atoms with Crippen molar-refractivity contribution in [1.29, 1.82) is 0 Å². The van der Waals surface area contributed by atoms with E-state index in [1.807, 2.05) is 53.4 Å². The van der Waals surface area contributed by atoms with Crippen LogP contribution in [0, 0.1) is 0 Å². The molecule has 0 saturated heterocycles. The van der Waals surface area contributed by atoms with E-state index >= 15 is 0 Å². The van der Waals surface area contributed by atoms with Crippen molar-refractivity contribution >= 4 is 29.8 Å². The lowest BCUT2D eigenvalue weighted by Crippen LogP contribution is -2.34. The van der Waals surface area contributed by atoms with Gasteiger partial charge in [-0.15, -0.1) is 0 Å². The lowest BCUT2D eigenvalue weighted by atomic mass is 9.99. The number of hydrogen-bond donors (Lipinski definition) is 1. The van der Waals surface area contributed by atoms with Crippen LogP contribution in [-0.4, -0.2) is 36.0 Å². The van der Waals surface area contributed by atoms with Crippen LogP contribution >= 0.6 is 0 Å². The first-order valence-corrected chi connectivity index (χ1v) is 10.6. The number of benzene rings is 2. The summed E-state index contributed by atoms with van der Waals surface area (Å²) in [5.74, 6) is 0.485. The number of nitrogens with two attached hydrogens (primary N) is 1. The quantitative estimate of drug-likeness (QED) is 0.659. The molecular formula is C25H29N3O2. The molecule has 1 aliphatic heterocycles. The van der Waals surface area contributed by atoms with Gasteiger partial charge in [0.25, 0.3) is 0 Å². The first-order valence-electron chi connectivity index (χ1n) is 10.6. The fourth-order valence-corrected chi connectivity index (χ4v) is 3.69. The number of carbonyl (C=O) groups excluding carboxylic acids is 2. The molecule has 0 spiro atoms. The van der Waals surface area contributed by atoms with Crippen LogP contribution in [0.2, 0.25) is 0 Å². The Hall–Kier alpha value is -3.21. The largest absolute Gasteiger partial charge is 0.387 e. The molecule has 0 unspecified atom stereocenters. The molecule has 0 aromatic heterocycles. The summed E-state index contributed by atoms with van der Waals surface area (Å²) in [7, 11) is 0. The van der Waals surface area contributed by atoms with Gasteiger partial charge in [0.05, 0.1) is 5.69 Å². The average Bonchev–Trinajstić information content (AvgIpc) is 2.91. The summed E-state index contributed by atoms with van der Waals surface area (Å²) in [6, 6.07) is 13.9. The molecule has 5 heteroatoms. The number of aldehydes is 1. The Bertz CT molecular complexity index is 968. The highest BCUT2D eigenvalue weighted by Crippen LogP contribution is 2.32. The molecule has 0 aliphatic carbocycles. The Morgan fingerprint density at radius 3 is 2.37 bits per heavy atom. The van der Waals surface area contributed by atoms with Crippen LogP contribution in [0.25, 0.3) is 17.2 Å². The Kier molecular flexibility index (Phi) is 7.17. The van der Waals surface area contributed by atoms with E-state index in [2.05, 4.69) is 18.8 Å². The first-order chi connectivity index (χ1) is 14.5. The van der Waals surface area contributed by atoms with Gasteiger partial charge in [-0.3, -0.25) is 4.79 Å². The maximum absolute atomic E-state index is 13.1. The van der Waals surface area contributed by atoms with Crippen LogP contribution in [-0.2, 0) is 16.0 Å². The maximum Gasteiger partial charge on any atom is 0.250 e. The molecule has 156 valence electrons. The predicted octanol–water partition coefficient (Wildman–Crippen LogP) is 4.52. The van der Waals surface area contributed by atoms with Gasteiger partial charge in [0.15, 0.2) is 0 Å². The van der Waals surface area contributed by atoms with Crippen LogP contribution in [0.5, 0.6) is 0 Å². The predicted molar refractivity (Wildman–Crippen MR) is 123 cm³/mol. The van der Waals surface area contributed by atoms with E-state index < -0.39 is 0 Å². The van der Waals surface area contributed by atoms with E-state index in [0.717, 1.165) is 60.2 Å². The second-order valence-corrected chi connectivity index (χ2v) is 7.58. The van der Waals surface area contributed by atoms with Crippen molar-refractivity contribution in [3.05, 3.63) is 59.2 Å². The summed E-state index contributed by atoms with van der Waals surface area (Å²) in [5, 5.41) is 0. The Labute approximate surface area is 178 Å². The zero-order valence-electron chi connectivity index (χ0n) is 17.7. The van der Waals surface area contributed by atoms with Crippen molar-refractivity contribution in [3.63, 3.8) is 0 Å². The fourth-order valence-electron chi connectivity index (χ4n) is 3.69. The Balaban J connectivity index is 1.93. The van der Waals surface area contributed by atoms with Crippen LogP contribution in [0.4, 0.5) is 5.69 Å². The second-order valence-electron chi connectivity index (χ2n) is 7.58. The molecular weight excluding hydrogens is 374 g/mol. The lowest BCUT2D eigenvalue weighted by Gasteiger charge is -2.22. The molecule has 0 radical (unpaired) electrons. The van der Waals surface area contributed by atoms with Gasteiger partial charge in [0.1, 0.15) is 12.1 Å². The molecule has 0 bridgehead atoms. The number of nitrogens with zero attached hydrogens (tertiary/aromatic N) is 2. The van der Waals surface area contributed by atoms with E-state index in [0.29, 0.717) is 24.3 Å². The zero-order chi connectivity index (χ0) is 21.5. The highest BCUT2D eigenvalue weighted by Gasteiger charge is 2.21.